The molecule has 0 N–H and O–H groups in total. The largest absolute Gasteiger partial charge is 0.482 e. The van der Waals surface area contributed by atoms with E-state index in [9.17, 15) is 4.79 Å². The molecule has 1 aliphatic heterocycles. The van der Waals surface area contributed by atoms with Crippen molar-refractivity contribution in [1.29, 1.82) is 0 Å². The lowest BCUT2D eigenvalue weighted by Crippen LogP contribution is -2.34. The van der Waals surface area contributed by atoms with Crippen LogP contribution >= 0.6 is 23.2 Å². The number of aromatic nitrogens is 2. The molecule has 1 aromatic heterocycles. The predicted octanol–water partition coefficient (Wildman–Crippen LogP) is 3.46. The Kier molecular flexibility index (Phi) is 5.84. The van der Waals surface area contributed by atoms with Gasteiger partial charge in [-0.2, -0.15) is 4.98 Å². The lowest BCUT2D eigenvalue weighted by atomic mass is 10.3. The van der Waals surface area contributed by atoms with Crippen LogP contribution in [0, 0.1) is 13.8 Å². The van der Waals surface area contributed by atoms with Gasteiger partial charge < -0.3 is 14.4 Å². The van der Waals surface area contributed by atoms with E-state index in [1.165, 1.54) is 0 Å². The zero-order chi connectivity index (χ0) is 18.7. The highest BCUT2D eigenvalue weighted by atomic mass is 35.5. The number of hydrogen-bond acceptors (Lipinski definition) is 5. The smallest absolute Gasteiger partial charge is 0.260 e. The van der Waals surface area contributed by atoms with Gasteiger partial charge in [0, 0.05) is 29.7 Å². The standard InChI is InChI=1S/C18H19Cl2N3O3/c1-11-7-17(22-12(2)21-11)26-14-5-6-23(9-14)18(24)10-25-16-4-3-13(19)8-15(16)20/h3-4,7-8,14H,5-6,9-10H2,1-2H3/t14-/m0/s1. The Labute approximate surface area is 162 Å². The van der Waals surface area contributed by atoms with E-state index in [2.05, 4.69) is 9.97 Å². The Morgan fingerprint density at radius 1 is 1.27 bits per heavy atom. The first-order valence-electron chi connectivity index (χ1n) is 8.25. The summed E-state index contributed by atoms with van der Waals surface area (Å²) in [5.41, 5.74) is 0.853. The van der Waals surface area contributed by atoms with Crippen molar-refractivity contribution in [3.63, 3.8) is 0 Å². The van der Waals surface area contributed by atoms with Gasteiger partial charge in [-0.1, -0.05) is 23.2 Å². The number of amides is 1. The SMILES string of the molecule is Cc1cc(O[C@H]2CCN(C(=O)COc3ccc(Cl)cc3Cl)C2)nc(C)n1. The van der Waals surface area contributed by atoms with Gasteiger partial charge in [-0.05, 0) is 32.0 Å². The highest BCUT2D eigenvalue weighted by Crippen LogP contribution is 2.27. The van der Waals surface area contributed by atoms with E-state index in [4.69, 9.17) is 32.7 Å². The molecule has 0 saturated carbocycles. The van der Waals surface area contributed by atoms with E-state index < -0.39 is 0 Å². The third-order valence-corrected chi connectivity index (χ3v) is 4.50. The molecule has 1 aliphatic rings. The topological polar surface area (TPSA) is 64.5 Å². The molecule has 1 saturated heterocycles. The predicted molar refractivity (Wildman–Crippen MR) is 99.1 cm³/mol. The summed E-state index contributed by atoms with van der Waals surface area (Å²) >= 11 is 11.9. The van der Waals surface area contributed by atoms with Crippen molar-refractivity contribution in [1.82, 2.24) is 14.9 Å². The van der Waals surface area contributed by atoms with Crippen LogP contribution in [0.1, 0.15) is 17.9 Å². The number of likely N-dealkylation sites (tertiary alicyclic amines) is 1. The first kappa shape index (κ1) is 18.7. The normalized spacial score (nSPS) is 16.6. The van der Waals surface area contributed by atoms with E-state index in [1.54, 1.807) is 29.2 Å². The molecular weight excluding hydrogens is 377 g/mol. The van der Waals surface area contributed by atoms with Crippen molar-refractivity contribution in [2.45, 2.75) is 26.4 Å². The van der Waals surface area contributed by atoms with E-state index in [0.717, 1.165) is 12.1 Å². The summed E-state index contributed by atoms with van der Waals surface area (Å²) in [5, 5.41) is 0.894. The Morgan fingerprint density at radius 2 is 2.08 bits per heavy atom. The molecule has 8 heteroatoms. The number of aryl methyl sites for hydroxylation is 2. The fourth-order valence-electron chi connectivity index (χ4n) is 2.79. The van der Waals surface area contributed by atoms with Crippen LogP contribution < -0.4 is 9.47 Å². The highest BCUT2D eigenvalue weighted by molar-refractivity contribution is 6.35. The fourth-order valence-corrected chi connectivity index (χ4v) is 3.25. The van der Waals surface area contributed by atoms with Gasteiger partial charge in [0.15, 0.2) is 6.61 Å². The van der Waals surface area contributed by atoms with Crippen molar-refractivity contribution in [2.24, 2.45) is 0 Å². The average Bonchev–Trinajstić information content (AvgIpc) is 3.01. The maximum atomic E-state index is 12.4. The Morgan fingerprint density at radius 3 is 2.81 bits per heavy atom. The number of halogens is 2. The molecule has 1 fully saturated rings. The van der Waals surface area contributed by atoms with E-state index >= 15 is 0 Å². The second-order valence-electron chi connectivity index (χ2n) is 6.13. The summed E-state index contributed by atoms with van der Waals surface area (Å²) in [5.74, 6) is 1.53. The lowest BCUT2D eigenvalue weighted by Gasteiger charge is -2.17. The minimum atomic E-state index is -0.114. The van der Waals surface area contributed by atoms with Gasteiger partial charge in [-0.25, -0.2) is 4.98 Å². The number of ether oxygens (including phenoxy) is 2. The van der Waals surface area contributed by atoms with E-state index in [0.29, 0.717) is 40.6 Å². The molecule has 0 aliphatic carbocycles. The third-order valence-electron chi connectivity index (χ3n) is 3.97. The molecule has 0 radical (unpaired) electrons. The molecule has 26 heavy (non-hydrogen) atoms. The second-order valence-corrected chi connectivity index (χ2v) is 6.97. The van der Waals surface area contributed by atoms with Gasteiger partial charge in [0.25, 0.3) is 5.91 Å². The quantitative estimate of drug-likeness (QED) is 0.775. The van der Waals surface area contributed by atoms with Gasteiger partial charge in [-0.3, -0.25) is 4.79 Å². The highest BCUT2D eigenvalue weighted by Gasteiger charge is 2.28. The molecule has 1 amide bonds. The van der Waals surface area contributed by atoms with E-state index in [1.807, 2.05) is 13.8 Å². The van der Waals surface area contributed by atoms with Crippen LogP contribution in [0.2, 0.25) is 10.0 Å². The molecule has 1 atom stereocenters. The van der Waals surface area contributed by atoms with Gasteiger partial charge >= 0.3 is 0 Å². The first-order valence-corrected chi connectivity index (χ1v) is 9.01. The summed E-state index contributed by atoms with van der Waals surface area (Å²) in [6.45, 7) is 4.75. The summed E-state index contributed by atoms with van der Waals surface area (Å²) in [7, 11) is 0. The molecule has 3 rings (SSSR count). The zero-order valence-electron chi connectivity index (χ0n) is 14.5. The van der Waals surface area contributed by atoms with Gasteiger partial charge in [0.2, 0.25) is 5.88 Å². The first-order chi connectivity index (χ1) is 12.4. The summed E-state index contributed by atoms with van der Waals surface area (Å²) in [6.07, 6.45) is 0.655. The van der Waals surface area contributed by atoms with Gasteiger partial charge in [0.05, 0.1) is 11.6 Å². The van der Waals surface area contributed by atoms with Crippen LogP contribution in [-0.4, -0.2) is 46.6 Å². The second kappa shape index (κ2) is 8.10. The number of carbonyl (C=O) groups excluding carboxylic acids is 1. The number of benzene rings is 1. The monoisotopic (exact) mass is 395 g/mol. The number of hydrogen-bond donors (Lipinski definition) is 0. The lowest BCUT2D eigenvalue weighted by molar-refractivity contribution is -0.132. The van der Waals surface area contributed by atoms with Crippen LogP contribution in [0.15, 0.2) is 24.3 Å². The molecule has 0 bridgehead atoms. The summed E-state index contributed by atoms with van der Waals surface area (Å²) in [4.78, 5) is 22.6. The van der Waals surface area contributed by atoms with Gasteiger partial charge in [0.1, 0.15) is 17.7 Å². The molecule has 6 nitrogen and oxygen atoms in total. The Balaban J connectivity index is 1.52. The molecular formula is C18H19Cl2N3O3. The number of nitrogens with zero attached hydrogens (tertiary/aromatic N) is 3. The van der Waals surface area contributed by atoms with Crippen LogP contribution in [0.25, 0.3) is 0 Å². The van der Waals surface area contributed by atoms with Crippen LogP contribution in [-0.2, 0) is 4.79 Å². The van der Waals surface area contributed by atoms with Crippen LogP contribution in [0.4, 0.5) is 0 Å². The minimum absolute atomic E-state index is 0.0835. The average molecular weight is 396 g/mol. The molecule has 138 valence electrons. The van der Waals surface area contributed by atoms with Crippen molar-refractivity contribution in [3.05, 3.63) is 45.8 Å². The number of carbonyl (C=O) groups is 1. The summed E-state index contributed by atoms with van der Waals surface area (Å²) in [6, 6.07) is 6.68. The van der Waals surface area contributed by atoms with Crippen molar-refractivity contribution >= 4 is 29.1 Å². The molecule has 2 aromatic rings. The maximum Gasteiger partial charge on any atom is 0.260 e. The molecule has 0 spiro atoms. The van der Waals surface area contributed by atoms with Crippen LogP contribution in [0.3, 0.4) is 0 Å². The van der Waals surface area contributed by atoms with Crippen molar-refractivity contribution < 1.29 is 14.3 Å². The zero-order valence-corrected chi connectivity index (χ0v) is 16.0. The molecule has 2 heterocycles. The van der Waals surface area contributed by atoms with E-state index in [-0.39, 0.29) is 18.6 Å². The van der Waals surface area contributed by atoms with Crippen molar-refractivity contribution in [2.75, 3.05) is 19.7 Å². The molecule has 1 aromatic carbocycles. The third kappa shape index (κ3) is 4.77. The summed E-state index contributed by atoms with van der Waals surface area (Å²) < 4.78 is 11.4. The maximum absolute atomic E-state index is 12.4. The number of rotatable bonds is 5. The van der Waals surface area contributed by atoms with Crippen molar-refractivity contribution in [3.8, 4) is 11.6 Å². The fraction of sp³-hybridized carbons (Fsp3) is 0.389. The van der Waals surface area contributed by atoms with Gasteiger partial charge in [-0.15, -0.1) is 0 Å². The van der Waals surface area contributed by atoms with Crippen LogP contribution in [0.5, 0.6) is 11.6 Å². The Bertz CT molecular complexity index is 796. The minimum Gasteiger partial charge on any atom is -0.482 e. The molecule has 0 unspecified atom stereocenters. The Hall–Kier alpha value is -2.05.